The summed E-state index contributed by atoms with van der Waals surface area (Å²) in [6.45, 7) is 4.02. The average molecular weight is 295 g/mol. The molecule has 2 aromatic heterocycles. The third-order valence-electron chi connectivity index (χ3n) is 2.73. The number of carbonyl (C=O) groups is 2. The normalized spacial score (nSPS) is 10.4. The summed E-state index contributed by atoms with van der Waals surface area (Å²) in [5, 5.41) is 13.3. The van der Waals surface area contributed by atoms with Gasteiger partial charge >= 0.3 is 5.97 Å². The third-order valence-corrected chi connectivity index (χ3v) is 4.73. The summed E-state index contributed by atoms with van der Waals surface area (Å²) in [5.41, 5.74) is 1.51. The molecule has 19 heavy (non-hydrogen) atoms. The molecule has 0 atom stereocenters. The van der Waals surface area contributed by atoms with Crippen LogP contribution in [0.3, 0.4) is 0 Å². The average Bonchev–Trinajstić information content (AvgIpc) is 2.95. The smallest absolute Gasteiger partial charge is 0.348 e. The van der Waals surface area contributed by atoms with E-state index in [9.17, 15) is 9.59 Å². The first-order valence-electron chi connectivity index (χ1n) is 5.74. The van der Waals surface area contributed by atoms with Gasteiger partial charge in [-0.05, 0) is 36.4 Å². The zero-order chi connectivity index (χ0) is 14.0. The van der Waals surface area contributed by atoms with E-state index in [1.165, 1.54) is 11.3 Å². The van der Waals surface area contributed by atoms with Gasteiger partial charge in [0.25, 0.3) is 5.91 Å². The van der Waals surface area contributed by atoms with E-state index in [1.807, 2.05) is 19.9 Å². The maximum absolute atomic E-state index is 12.1. The highest BCUT2D eigenvalue weighted by Gasteiger charge is 2.16. The van der Waals surface area contributed by atoms with Crippen molar-refractivity contribution in [1.29, 1.82) is 0 Å². The fourth-order valence-electron chi connectivity index (χ4n) is 1.74. The molecule has 100 valence electrons. The summed E-state index contributed by atoms with van der Waals surface area (Å²) in [4.78, 5) is 24.9. The summed E-state index contributed by atoms with van der Waals surface area (Å²) in [6.07, 6.45) is 0.883. The van der Waals surface area contributed by atoms with Gasteiger partial charge in [0.15, 0.2) is 0 Å². The van der Waals surface area contributed by atoms with Crippen LogP contribution in [-0.4, -0.2) is 17.0 Å². The lowest BCUT2D eigenvalue weighted by molar-refractivity contribution is 0.0703. The van der Waals surface area contributed by atoms with E-state index >= 15 is 0 Å². The first-order chi connectivity index (χ1) is 9.02. The monoisotopic (exact) mass is 295 g/mol. The number of carboxylic acid groups (broad SMARTS) is 1. The van der Waals surface area contributed by atoms with Gasteiger partial charge in [-0.25, -0.2) is 4.79 Å². The number of thiophene rings is 2. The number of aromatic carboxylic acids is 1. The van der Waals surface area contributed by atoms with Crippen molar-refractivity contribution >= 4 is 40.2 Å². The van der Waals surface area contributed by atoms with Crippen LogP contribution in [0.4, 0.5) is 5.69 Å². The molecule has 0 radical (unpaired) electrons. The maximum atomic E-state index is 12.1. The number of amides is 1. The van der Waals surface area contributed by atoms with E-state index in [2.05, 4.69) is 5.32 Å². The van der Waals surface area contributed by atoms with Gasteiger partial charge in [-0.1, -0.05) is 6.92 Å². The Kier molecular flexibility index (Phi) is 4.01. The van der Waals surface area contributed by atoms with Gasteiger partial charge in [-0.15, -0.1) is 22.7 Å². The Bertz CT molecular complexity index is 628. The van der Waals surface area contributed by atoms with E-state index in [1.54, 1.807) is 11.4 Å². The van der Waals surface area contributed by atoms with Crippen LogP contribution in [0.15, 0.2) is 17.5 Å². The van der Waals surface area contributed by atoms with Crippen molar-refractivity contribution in [3.05, 3.63) is 37.7 Å². The standard InChI is InChI=1S/C13H13NO3S2/c1-3-8-6-10(19-7(8)2)12(15)14-9-4-5-18-11(9)13(16)17/h4-6H,3H2,1-2H3,(H,14,15)(H,16,17). The molecule has 0 aromatic carbocycles. The van der Waals surface area contributed by atoms with Gasteiger partial charge < -0.3 is 10.4 Å². The minimum absolute atomic E-state index is 0.150. The van der Waals surface area contributed by atoms with Gasteiger partial charge in [0.05, 0.1) is 10.6 Å². The van der Waals surface area contributed by atoms with Crippen molar-refractivity contribution in [1.82, 2.24) is 0 Å². The van der Waals surface area contributed by atoms with E-state index < -0.39 is 5.97 Å². The Morgan fingerprint density at radius 3 is 2.74 bits per heavy atom. The van der Waals surface area contributed by atoms with E-state index in [0.717, 1.165) is 28.2 Å². The summed E-state index contributed by atoms with van der Waals surface area (Å²) in [6, 6.07) is 3.47. The van der Waals surface area contributed by atoms with Gasteiger partial charge in [0.2, 0.25) is 0 Å². The van der Waals surface area contributed by atoms with Crippen LogP contribution < -0.4 is 5.32 Å². The summed E-state index contributed by atoms with van der Waals surface area (Å²) in [7, 11) is 0. The van der Waals surface area contributed by atoms with Gasteiger partial charge in [0, 0.05) is 4.88 Å². The number of hydrogen-bond acceptors (Lipinski definition) is 4. The Morgan fingerprint density at radius 2 is 2.16 bits per heavy atom. The number of hydrogen-bond donors (Lipinski definition) is 2. The predicted molar refractivity (Wildman–Crippen MR) is 77.7 cm³/mol. The molecule has 2 rings (SSSR count). The van der Waals surface area contributed by atoms with Crippen molar-refractivity contribution in [3.8, 4) is 0 Å². The fourth-order valence-corrected chi connectivity index (χ4v) is 3.44. The van der Waals surface area contributed by atoms with E-state index in [0.29, 0.717) is 10.6 Å². The van der Waals surface area contributed by atoms with Crippen LogP contribution in [-0.2, 0) is 6.42 Å². The lowest BCUT2D eigenvalue weighted by Gasteiger charge is -2.02. The quantitative estimate of drug-likeness (QED) is 0.905. The zero-order valence-electron chi connectivity index (χ0n) is 10.5. The molecule has 2 N–H and O–H groups in total. The Balaban J connectivity index is 2.20. The van der Waals surface area contributed by atoms with Crippen molar-refractivity contribution in [2.45, 2.75) is 20.3 Å². The second-order valence-electron chi connectivity index (χ2n) is 3.97. The number of nitrogens with one attached hydrogen (secondary N) is 1. The van der Waals surface area contributed by atoms with E-state index in [4.69, 9.17) is 5.11 Å². The Hall–Kier alpha value is -1.66. The van der Waals surface area contributed by atoms with E-state index in [-0.39, 0.29) is 10.8 Å². The van der Waals surface area contributed by atoms with Gasteiger partial charge in [-0.2, -0.15) is 0 Å². The molecule has 0 bridgehead atoms. The number of rotatable bonds is 4. The molecular formula is C13H13NO3S2. The second kappa shape index (κ2) is 5.54. The summed E-state index contributed by atoms with van der Waals surface area (Å²) < 4.78 is 0. The second-order valence-corrected chi connectivity index (χ2v) is 6.14. The minimum Gasteiger partial charge on any atom is -0.477 e. The van der Waals surface area contributed by atoms with Gasteiger partial charge in [0.1, 0.15) is 4.88 Å². The molecule has 2 aromatic rings. The zero-order valence-corrected chi connectivity index (χ0v) is 12.2. The molecule has 0 aliphatic heterocycles. The van der Waals surface area contributed by atoms with Crippen molar-refractivity contribution < 1.29 is 14.7 Å². The van der Waals surface area contributed by atoms with Gasteiger partial charge in [-0.3, -0.25) is 4.79 Å². The molecular weight excluding hydrogens is 282 g/mol. The molecule has 0 aliphatic rings. The number of anilines is 1. The number of aryl methyl sites for hydroxylation is 2. The summed E-state index contributed by atoms with van der Waals surface area (Å²) >= 11 is 2.52. The van der Waals surface area contributed by atoms with Crippen LogP contribution in [0.1, 0.15) is 36.7 Å². The van der Waals surface area contributed by atoms with Crippen molar-refractivity contribution in [2.24, 2.45) is 0 Å². The topological polar surface area (TPSA) is 66.4 Å². The first kappa shape index (κ1) is 13.8. The molecule has 6 heteroatoms. The molecule has 0 saturated carbocycles. The predicted octanol–water partition coefficient (Wildman–Crippen LogP) is 3.63. The molecule has 2 heterocycles. The molecule has 0 spiro atoms. The maximum Gasteiger partial charge on any atom is 0.348 e. The highest BCUT2D eigenvalue weighted by atomic mass is 32.1. The minimum atomic E-state index is -1.03. The SMILES string of the molecule is CCc1cc(C(=O)Nc2ccsc2C(=O)O)sc1C. The highest BCUT2D eigenvalue weighted by Crippen LogP contribution is 2.26. The third kappa shape index (κ3) is 2.85. The first-order valence-corrected chi connectivity index (χ1v) is 7.44. The largest absolute Gasteiger partial charge is 0.477 e. The van der Waals surface area contributed by atoms with Crippen LogP contribution in [0.2, 0.25) is 0 Å². The number of carbonyl (C=O) groups excluding carboxylic acids is 1. The Labute approximate surface area is 118 Å². The summed E-state index contributed by atoms with van der Waals surface area (Å²) in [5.74, 6) is -1.28. The lowest BCUT2D eigenvalue weighted by atomic mass is 10.2. The van der Waals surface area contributed by atoms with Crippen LogP contribution in [0, 0.1) is 6.92 Å². The van der Waals surface area contributed by atoms with Crippen LogP contribution in [0.25, 0.3) is 0 Å². The van der Waals surface area contributed by atoms with Crippen molar-refractivity contribution in [2.75, 3.05) is 5.32 Å². The molecule has 0 unspecified atom stereocenters. The molecule has 4 nitrogen and oxygen atoms in total. The highest BCUT2D eigenvalue weighted by molar-refractivity contribution is 7.14. The lowest BCUT2D eigenvalue weighted by Crippen LogP contribution is -2.12. The number of carboxylic acids is 1. The van der Waals surface area contributed by atoms with Crippen LogP contribution >= 0.6 is 22.7 Å². The molecule has 1 amide bonds. The molecule has 0 aliphatic carbocycles. The molecule has 0 fully saturated rings. The fraction of sp³-hybridized carbons (Fsp3) is 0.231. The van der Waals surface area contributed by atoms with Crippen molar-refractivity contribution in [3.63, 3.8) is 0 Å². The van der Waals surface area contributed by atoms with Crippen LogP contribution in [0.5, 0.6) is 0 Å². The molecule has 0 saturated heterocycles. The Morgan fingerprint density at radius 1 is 1.42 bits per heavy atom.